The minimum absolute atomic E-state index is 0.234. The Balaban J connectivity index is 1.28. The zero-order valence-electron chi connectivity index (χ0n) is 21.8. The molecule has 3 heterocycles. The highest BCUT2D eigenvalue weighted by molar-refractivity contribution is 6.04. The van der Waals surface area contributed by atoms with Crippen LogP contribution in [0.4, 0.5) is 5.95 Å². The first kappa shape index (κ1) is 25.6. The van der Waals surface area contributed by atoms with Gasteiger partial charge in [0.15, 0.2) is 0 Å². The number of nitrogens with one attached hydrogen (secondary N) is 2. The number of ketones is 1. The normalized spacial score (nSPS) is 13.9. The fourth-order valence-corrected chi connectivity index (χ4v) is 4.98. The fourth-order valence-electron chi connectivity index (χ4n) is 4.98. The van der Waals surface area contributed by atoms with Gasteiger partial charge in [-0.25, -0.2) is 4.98 Å². The number of imidazole rings is 1. The van der Waals surface area contributed by atoms with Gasteiger partial charge < -0.3 is 5.32 Å². The maximum absolute atomic E-state index is 13.3. The SMILES string of the molecule is Cn1cc(-c2cccc(C(=O)Nc3nc(CCCC(=O)CC4CCNCC4)cn3-c3ccccc3)c2)cn1. The van der Waals surface area contributed by atoms with Gasteiger partial charge in [0.1, 0.15) is 5.78 Å². The summed E-state index contributed by atoms with van der Waals surface area (Å²) in [6.07, 6.45) is 10.5. The second kappa shape index (κ2) is 12.0. The number of piperidine rings is 1. The molecule has 8 heteroatoms. The summed E-state index contributed by atoms with van der Waals surface area (Å²) in [5.74, 6) is 1.08. The molecule has 1 amide bonds. The molecule has 8 nitrogen and oxygen atoms in total. The summed E-state index contributed by atoms with van der Waals surface area (Å²) in [4.78, 5) is 30.5. The van der Waals surface area contributed by atoms with Crippen LogP contribution in [0.3, 0.4) is 0 Å². The van der Waals surface area contributed by atoms with Crippen LogP contribution in [0.15, 0.2) is 73.2 Å². The lowest BCUT2D eigenvalue weighted by Gasteiger charge is -2.21. The van der Waals surface area contributed by atoms with Crippen LogP contribution >= 0.6 is 0 Å². The van der Waals surface area contributed by atoms with Gasteiger partial charge in [-0.15, -0.1) is 0 Å². The maximum atomic E-state index is 13.3. The van der Waals surface area contributed by atoms with Gasteiger partial charge in [-0.3, -0.25) is 24.2 Å². The van der Waals surface area contributed by atoms with E-state index in [0.717, 1.165) is 54.9 Å². The molecule has 4 aromatic rings. The van der Waals surface area contributed by atoms with Crippen LogP contribution in [-0.2, 0) is 18.3 Å². The van der Waals surface area contributed by atoms with E-state index in [-0.39, 0.29) is 5.91 Å². The molecule has 0 radical (unpaired) electrons. The lowest BCUT2D eigenvalue weighted by molar-refractivity contribution is -0.120. The van der Waals surface area contributed by atoms with Gasteiger partial charge in [0.05, 0.1) is 11.9 Å². The summed E-state index contributed by atoms with van der Waals surface area (Å²) in [5, 5.41) is 10.6. The number of aryl methyl sites for hydroxylation is 2. The summed E-state index contributed by atoms with van der Waals surface area (Å²) >= 11 is 0. The first-order valence-electron chi connectivity index (χ1n) is 13.3. The number of rotatable bonds is 10. The van der Waals surface area contributed by atoms with Crippen LogP contribution in [-0.4, -0.2) is 44.1 Å². The molecule has 2 aromatic carbocycles. The lowest BCUT2D eigenvalue weighted by Crippen LogP contribution is -2.28. The topological polar surface area (TPSA) is 93.8 Å². The highest BCUT2D eigenvalue weighted by Gasteiger charge is 2.18. The Morgan fingerprint density at radius 1 is 1.03 bits per heavy atom. The van der Waals surface area contributed by atoms with E-state index < -0.39 is 0 Å². The van der Waals surface area contributed by atoms with Crippen molar-refractivity contribution in [2.75, 3.05) is 18.4 Å². The third-order valence-corrected chi connectivity index (χ3v) is 7.04. The van der Waals surface area contributed by atoms with E-state index in [4.69, 9.17) is 4.98 Å². The molecule has 196 valence electrons. The third-order valence-electron chi connectivity index (χ3n) is 7.04. The molecule has 2 N–H and O–H groups in total. The van der Waals surface area contributed by atoms with E-state index in [1.165, 1.54) is 0 Å². The van der Waals surface area contributed by atoms with Gasteiger partial charge in [-0.2, -0.15) is 5.10 Å². The molecule has 0 saturated carbocycles. The third kappa shape index (κ3) is 6.44. The predicted molar refractivity (Wildman–Crippen MR) is 148 cm³/mol. The number of benzene rings is 2. The molecule has 5 rings (SSSR count). The Morgan fingerprint density at radius 2 is 1.84 bits per heavy atom. The van der Waals surface area contributed by atoms with Crippen molar-refractivity contribution in [3.63, 3.8) is 0 Å². The zero-order valence-corrected chi connectivity index (χ0v) is 21.8. The molecule has 0 atom stereocenters. The minimum Gasteiger partial charge on any atom is -0.317 e. The second-order valence-electron chi connectivity index (χ2n) is 9.99. The van der Waals surface area contributed by atoms with Gasteiger partial charge in [-0.05, 0) is 74.5 Å². The molecule has 1 aliphatic rings. The maximum Gasteiger partial charge on any atom is 0.258 e. The standard InChI is InChI=1S/C30H34N6O2/c1-35-20-25(19-32-35)23-7-5-8-24(18-23)29(38)34-30-33-26(21-36(30)27-10-3-2-4-11-27)9-6-12-28(37)17-22-13-15-31-16-14-22/h2-5,7-8,10-11,18-22,31H,6,9,12-17H2,1H3,(H,33,34,38). The van der Waals surface area contributed by atoms with E-state index in [0.29, 0.717) is 42.5 Å². The quantitative estimate of drug-likeness (QED) is 0.319. The molecule has 0 bridgehead atoms. The molecular weight excluding hydrogens is 476 g/mol. The molecule has 0 aliphatic carbocycles. The number of hydrogen-bond acceptors (Lipinski definition) is 5. The largest absolute Gasteiger partial charge is 0.317 e. The Morgan fingerprint density at radius 3 is 2.61 bits per heavy atom. The summed E-state index contributed by atoms with van der Waals surface area (Å²) in [6.45, 7) is 2.02. The fraction of sp³-hybridized carbons (Fsp3) is 0.333. The average Bonchev–Trinajstić information content (AvgIpc) is 3.56. The Labute approximate surface area is 223 Å². The van der Waals surface area contributed by atoms with Gasteiger partial charge in [0.25, 0.3) is 5.91 Å². The first-order chi connectivity index (χ1) is 18.5. The number of aromatic nitrogens is 4. The van der Waals surface area contributed by atoms with Crippen molar-refractivity contribution in [1.82, 2.24) is 24.6 Å². The number of Topliss-reactive ketones (excluding diaryl/α,β-unsaturated/α-hetero) is 1. The van der Waals surface area contributed by atoms with E-state index >= 15 is 0 Å². The van der Waals surface area contributed by atoms with Crippen molar-refractivity contribution < 1.29 is 9.59 Å². The highest BCUT2D eigenvalue weighted by Crippen LogP contribution is 2.23. The van der Waals surface area contributed by atoms with E-state index in [1.54, 1.807) is 16.9 Å². The Kier molecular flexibility index (Phi) is 8.09. The van der Waals surface area contributed by atoms with Gasteiger partial charge in [0, 0.05) is 49.1 Å². The number of nitrogens with zero attached hydrogens (tertiary/aromatic N) is 4. The van der Waals surface area contributed by atoms with E-state index in [1.807, 2.05) is 72.5 Å². The molecule has 0 unspecified atom stereocenters. The summed E-state index contributed by atoms with van der Waals surface area (Å²) in [6, 6.07) is 17.3. The highest BCUT2D eigenvalue weighted by atomic mass is 16.1. The Bertz CT molecular complexity index is 1380. The number of para-hydroxylation sites is 1. The minimum atomic E-state index is -0.234. The van der Waals surface area contributed by atoms with Gasteiger partial charge in [-0.1, -0.05) is 30.3 Å². The van der Waals surface area contributed by atoms with Crippen LogP contribution in [0.5, 0.6) is 0 Å². The molecule has 1 saturated heterocycles. The van der Waals surface area contributed by atoms with Gasteiger partial charge in [0.2, 0.25) is 5.95 Å². The summed E-state index contributed by atoms with van der Waals surface area (Å²) in [5.41, 5.74) is 4.17. The predicted octanol–water partition coefficient (Wildman–Crippen LogP) is 4.81. The molecule has 38 heavy (non-hydrogen) atoms. The smallest absolute Gasteiger partial charge is 0.258 e. The van der Waals surface area contributed by atoms with Crippen molar-refractivity contribution in [3.8, 4) is 16.8 Å². The average molecular weight is 511 g/mol. The molecular formula is C30H34N6O2. The van der Waals surface area contributed by atoms with Crippen LogP contribution in [0.25, 0.3) is 16.8 Å². The molecule has 2 aromatic heterocycles. The first-order valence-corrected chi connectivity index (χ1v) is 13.3. The van der Waals surface area contributed by atoms with Crippen molar-refractivity contribution in [1.29, 1.82) is 0 Å². The van der Waals surface area contributed by atoms with Crippen molar-refractivity contribution in [2.24, 2.45) is 13.0 Å². The van der Waals surface area contributed by atoms with Crippen LogP contribution in [0.2, 0.25) is 0 Å². The molecule has 0 spiro atoms. The van der Waals surface area contributed by atoms with E-state index in [9.17, 15) is 9.59 Å². The van der Waals surface area contributed by atoms with Crippen molar-refractivity contribution >= 4 is 17.6 Å². The summed E-state index contributed by atoms with van der Waals surface area (Å²) < 4.78 is 3.64. The van der Waals surface area contributed by atoms with Crippen molar-refractivity contribution in [3.05, 3.63) is 84.4 Å². The lowest BCUT2D eigenvalue weighted by atomic mass is 9.91. The van der Waals surface area contributed by atoms with Crippen LogP contribution < -0.4 is 10.6 Å². The van der Waals surface area contributed by atoms with Crippen molar-refractivity contribution in [2.45, 2.75) is 38.5 Å². The van der Waals surface area contributed by atoms with Crippen LogP contribution in [0, 0.1) is 5.92 Å². The monoisotopic (exact) mass is 510 g/mol. The van der Waals surface area contributed by atoms with E-state index in [2.05, 4.69) is 15.7 Å². The number of carbonyl (C=O) groups excluding carboxylic acids is 2. The number of carbonyl (C=O) groups is 2. The van der Waals surface area contributed by atoms with Gasteiger partial charge >= 0.3 is 0 Å². The number of hydrogen-bond donors (Lipinski definition) is 2. The second-order valence-corrected chi connectivity index (χ2v) is 9.99. The Hall–Kier alpha value is -4.04. The van der Waals surface area contributed by atoms with Crippen LogP contribution in [0.1, 0.15) is 48.2 Å². The summed E-state index contributed by atoms with van der Waals surface area (Å²) in [7, 11) is 1.87. The number of amides is 1. The molecule has 1 fully saturated rings. The zero-order chi connectivity index (χ0) is 26.3. The molecule has 1 aliphatic heterocycles. The number of anilines is 1.